The Kier molecular flexibility index (Phi) is 4.53. The molecule has 1 aromatic rings. The molecule has 1 aromatic carbocycles. The fourth-order valence-electron chi connectivity index (χ4n) is 2.61. The number of hydrogen-bond acceptors (Lipinski definition) is 4. The maximum absolute atomic E-state index is 11.8. The molecule has 0 saturated heterocycles. The third-order valence-electron chi connectivity index (χ3n) is 3.72. The van der Waals surface area contributed by atoms with Gasteiger partial charge in [-0.1, -0.05) is 18.2 Å². The van der Waals surface area contributed by atoms with Crippen molar-refractivity contribution in [2.45, 2.75) is 48.3 Å². The van der Waals surface area contributed by atoms with Crippen LogP contribution >= 0.6 is 11.8 Å². The van der Waals surface area contributed by atoms with Gasteiger partial charge >= 0.3 is 5.97 Å². The van der Waals surface area contributed by atoms with Gasteiger partial charge in [-0.05, 0) is 44.2 Å². The second-order valence-electron chi connectivity index (χ2n) is 5.25. The molecule has 0 radical (unpaired) electrons. The van der Waals surface area contributed by atoms with Gasteiger partial charge < -0.3 is 10.5 Å². The summed E-state index contributed by atoms with van der Waals surface area (Å²) >= 11 is 1.83. The van der Waals surface area contributed by atoms with E-state index in [4.69, 9.17) is 10.5 Å². The predicted octanol–water partition coefficient (Wildman–Crippen LogP) is 2.90. The number of hydrogen-bond donors (Lipinski definition) is 1. The van der Waals surface area contributed by atoms with Crippen molar-refractivity contribution in [1.82, 2.24) is 0 Å². The zero-order valence-corrected chi connectivity index (χ0v) is 12.3. The van der Waals surface area contributed by atoms with Crippen molar-refractivity contribution in [2.75, 3.05) is 7.11 Å². The highest BCUT2D eigenvalue weighted by Crippen LogP contribution is 2.38. The summed E-state index contributed by atoms with van der Waals surface area (Å²) in [5.41, 5.74) is 6.69. The largest absolute Gasteiger partial charge is 0.468 e. The number of benzene rings is 1. The number of carbonyl (C=O) groups excluding carboxylic acids is 1. The molecular weight excluding hydrogens is 258 g/mol. The summed E-state index contributed by atoms with van der Waals surface area (Å²) in [6.45, 7) is 2.11. The zero-order chi connectivity index (χ0) is 13.9. The first kappa shape index (κ1) is 14.4. The number of rotatable bonds is 3. The summed E-state index contributed by atoms with van der Waals surface area (Å²) in [6, 6.07) is 8.34. The van der Waals surface area contributed by atoms with Crippen LogP contribution in [0.2, 0.25) is 0 Å². The van der Waals surface area contributed by atoms with Crippen molar-refractivity contribution in [1.29, 1.82) is 0 Å². The van der Waals surface area contributed by atoms with Gasteiger partial charge in [-0.3, -0.25) is 4.79 Å². The first-order chi connectivity index (χ1) is 9.05. The normalized spacial score (nSPS) is 27.0. The van der Waals surface area contributed by atoms with Crippen molar-refractivity contribution >= 4 is 17.7 Å². The lowest BCUT2D eigenvalue weighted by atomic mass is 9.82. The van der Waals surface area contributed by atoms with Crippen LogP contribution in [0, 0.1) is 6.92 Å². The van der Waals surface area contributed by atoms with Crippen LogP contribution in [0.5, 0.6) is 0 Å². The highest BCUT2D eigenvalue weighted by molar-refractivity contribution is 8.00. The molecule has 1 aliphatic rings. The number of methoxy groups -OCH3 is 1. The molecule has 19 heavy (non-hydrogen) atoms. The van der Waals surface area contributed by atoms with E-state index in [0.29, 0.717) is 11.7 Å². The fourth-order valence-corrected chi connectivity index (χ4v) is 4.05. The van der Waals surface area contributed by atoms with Crippen molar-refractivity contribution < 1.29 is 9.53 Å². The first-order valence-corrected chi connectivity index (χ1v) is 7.53. The lowest BCUT2D eigenvalue weighted by Crippen LogP contribution is -2.52. The van der Waals surface area contributed by atoms with Gasteiger partial charge in [0.05, 0.1) is 7.11 Å². The number of ether oxygens (including phenoxy) is 1. The zero-order valence-electron chi connectivity index (χ0n) is 11.5. The molecule has 0 bridgehead atoms. The van der Waals surface area contributed by atoms with Gasteiger partial charge in [0.25, 0.3) is 0 Å². The van der Waals surface area contributed by atoms with Crippen LogP contribution in [-0.2, 0) is 9.53 Å². The van der Waals surface area contributed by atoms with E-state index >= 15 is 0 Å². The van der Waals surface area contributed by atoms with Crippen LogP contribution in [0.4, 0.5) is 0 Å². The smallest absolute Gasteiger partial charge is 0.325 e. The Hall–Kier alpha value is -1.00. The Morgan fingerprint density at radius 3 is 2.89 bits per heavy atom. The van der Waals surface area contributed by atoms with E-state index in [1.54, 1.807) is 0 Å². The Morgan fingerprint density at radius 1 is 1.47 bits per heavy atom. The first-order valence-electron chi connectivity index (χ1n) is 6.65. The molecule has 1 aliphatic carbocycles. The molecule has 0 aromatic heterocycles. The minimum Gasteiger partial charge on any atom is -0.468 e. The maximum Gasteiger partial charge on any atom is 0.325 e. The number of aryl methyl sites for hydroxylation is 1. The molecule has 3 nitrogen and oxygen atoms in total. The summed E-state index contributed by atoms with van der Waals surface area (Å²) in [4.78, 5) is 13.1. The molecule has 0 heterocycles. The molecule has 2 N–H and O–H groups in total. The van der Waals surface area contributed by atoms with Gasteiger partial charge in [-0.15, -0.1) is 11.8 Å². The molecule has 2 unspecified atom stereocenters. The van der Waals surface area contributed by atoms with Gasteiger partial charge in [-0.25, -0.2) is 0 Å². The summed E-state index contributed by atoms with van der Waals surface area (Å²) in [5.74, 6) is -0.275. The van der Waals surface area contributed by atoms with Gasteiger partial charge in [0.1, 0.15) is 5.54 Å². The third-order valence-corrected chi connectivity index (χ3v) is 5.17. The van der Waals surface area contributed by atoms with Crippen LogP contribution in [0.15, 0.2) is 29.2 Å². The van der Waals surface area contributed by atoms with Crippen molar-refractivity contribution in [3.8, 4) is 0 Å². The highest BCUT2D eigenvalue weighted by atomic mass is 32.2. The third kappa shape index (κ3) is 3.31. The van der Waals surface area contributed by atoms with Crippen molar-refractivity contribution in [3.05, 3.63) is 29.8 Å². The minimum absolute atomic E-state index is 0.275. The number of carbonyl (C=O) groups is 1. The van der Waals surface area contributed by atoms with Gasteiger partial charge in [-0.2, -0.15) is 0 Å². The van der Waals surface area contributed by atoms with E-state index in [2.05, 4.69) is 19.1 Å². The molecule has 104 valence electrons. The standard InChI is InChI=1S/C15H21NO2S/c1-11-6-3-4-8-13(11)19-12-7-5-9-15(16,10-12)14(17)18-2/h3-4,6,8,12H,5,7,9-10,16H2,1-2H3. The lowest BCUT2D eigenvalue weighted by Gasteiger charge is -2.35. The second kappa shape index (κ2) is 5.97. The molecule has 2 atom stereocenters. The van der Waals surface area contributed by atoms with E-state index in [-0.39, 0.29) is 5.97 Å². The molecule has 4 heteroatoms. The van der Waals surface area contributed by atoms with E-state index < -0.39 is 5.54 Å². The molecule has 0 aliphatic heterocycles. The maximum atomic E-state index is 11.8. The Balaban J connectivity index is 2.06. The average Bonchev–Trinajstić information content (AvgIpc) is 2.40. The monoisotopic (exact) mass is 279 g/mol. The molecule has 0 spiro atoms. The van der Waals surface area contributed by atoms with Crippen LogP contribution < -0.4 is 5.73 Å². The van der Waals surface area contributed by atoms with Crippen LogP contribution in [0.25, 0.3) is 0 Å². The second-order valence-corrected chi connectivity index (χ2v) is 6.59. The molecule has 0 amide bonds. The number of nitrogens with two attached hydrogens (primary N) is 1. The molecular formula is C15H21NO2S. The molecule has 1 saturated carbocycles. The van der Waals surface area contributed by atoms with Crippen LogP contribution in [-0.4, -0.2) is 23.9 Å². The van der Waals surface area contributed by atoms with E-state index in [1.807, 2.05) is 23.9 Å². The SMILES string of the molecule is COC(=O)C1(N)CCCC(Sc2ccccc2C)C1. The van der Waals surface area contributed by atoms with E-state index in [9.17, 15) is 4.79 Å². The Morgan fingerprint density at radius 2 is 2.21 bits per heavy atom. The average molecular weight is 279 g/mol. The lowest BCUT2D eigenvalue weighted by molar-refractivity contribution is -0.148. The topological polar surface area (TPSA) is 52.3 Å². The summed E-state index contributed by atoms with van der Waals surface area (Å²) < 4.78 is 4.84. The highest BCUT2D eigenvalue weighted by Gasteiger charge is 2.40. The summed E-state index contributed by atoms with van der Waals surface area (Å²) in [5, 5.41) is 0.388. The Bertz CT molecular complexity index is 463. The fraction of sp³-hybridized carbons (Fsp3) is 0.533. The minimum atomic E-state index is -0.798. The van der Waals surface area contributed by atoms with Crippen LogP contribution in [0.1, 0.15) is 31.2 Å². The molecule has 1 fully saturated rings. The molecule has 2 rings (SSSR count). The number of thioether (sulfide) groups is 1. The van der Waals surface area contributed by atoms with E-state index in [0.717, 1.165) is 19.3 Å². The predicted molar refractivity (Wildman–Crippen MR) is 78.2 cm³/mol. The van der Waals surface area contributed by atoms with Crippen LogP contribution in [0.3, 0.4) is 0 Å². The Labute approximate surface area is 118 Å². The van der Waals surface area contributed by atoms with Crippen molar-refractivity contribution in [2.24, 2.45) is 5.73 Å². The summed E-state index contributed by atoms with van der Waals surface area (Å²) in [7, 11) is 1.41. The van der Waals surface area contributed by atoms with Gasteiger partial charge in [0, 0.05) is 10.1 Å². The van der Waals surface area contributed by atoms with Gasteiger partial charge in [0.15, 0.2) is 0 Å². The van der Waals surface area contributed by atoms with Crippen molar-refractivity contribution in [3.63, 3.8) is 0 Å². The number of esters is 1. The quantitative estimate of drug-likeness (QED) is 0.864. The van der Waals surface area contributed by atoms with Gasteiger partial charge in [0.2, 0.25) is 0 Å². The summed E-state index contributed by atoms with van der Waals surface area (Å²) in [6.07, 6.45) is 3.51. The van der Waals surface area contributed by atoms with E-state index in [1.165, 1.54) is 17.6 Å².